The van der Waals surface area contributed by atoms with Gasteiger partial charge >= 0.3 is 0 Å². The third-order valence-corrected chi connectivity index (χ3v) is 3.97. The molecule has 1 aromatic rings. The van der Waals surface area contributed by atoms with Crippen LogP contribution in [0.25, 0.3) is 0 Å². The first-order valence-corrected chi connectivity index (χ1v) is 7.51. The number of nitrogens with zero attached hydrogens (tertiary/aromatic N) is 1. The third kappa shape index (κ3) is 4.90. The van der Waals surface area contributed by atoms with Gasteiger partial charge in [0.2, 0.25) is 0 Å². The summed E-state index contributed by atoms with van der Waals surface area (Å²) in [6.07, 6.45) is 0.242. The predicted octanol–water partition coefficient (Wildman–Crippen LogP) is 1.55. The molecule has 1 rings (SSSR count). The van der Waals surface area contributed by atoms with Crippen molar-refractivity contribution >= 4 is 33.3 Å². The van der Waals surface area contributed by atoms with E-state index >= 15 is 0 Å². The molecule has 0 unspecified atom stereocenters. The van der Waals surface area contributed by atoms with Crippen LogP contribution in [0.5, 0.6) is 0 Å². The zero-order chi connectivity index (χ0) is 13.8. The Labute approximate surface area is 108 Å². The highest BCUT2D eigenvalue weighted by Crippen LogP contribution is 2.29. The Morgan fingerprint density at radius 2 is 2.11 bits per heavy atom. The van der Waals surface area contributed by atoms with Crippen LogP contribution in [-0.2, 0) is 10.1 Å². The monoisotopic (exact) mass is 292 g/mol. The number of benzene rings is 1. The lowest BCUT2D eigenvalue weighted by molar-refractivity contribution is -0.385. The number of hydrogen-bond donors (Lipinski definition) is 2. The van der Waals surface area contributed by atoms with Gasteiger partial charge in [-0.3, -0.25) is 14.7 Å². The summed E-state index contributed by atoms with van der Waals surface area (Å²) in [7, 11) is -3.96. The minimum Gasteiger partial charge on any atom is -0.398 e. The average molecular weight is 292 g/mol. The standard InChI is InChI=1S/C9H12N2O5S2/c10-8-3-2-7(11(12)13)6-9(8)17-4-1-5-18(14,15)16/h2-3,6H,1,4-5,10H2,(H,14,15,16). The van der Waals surface area contributed by atoms with E-state index in [2.05, 4.69) is 0 Å². The zero-order valence-electron chi connectivity index (χ0n) is 9.27. The van der Waals surface area contributed by atoms with Crippen molar-refractivity contribution in [1.29, 1.82) is 0 Å². The van der Waals surface area contributed by atoms with Gasteiger partial charge in [-0.15, -0.1) is 11.8 Å². The fourth-order valence-electron chi connectivity index (χ4n) is 1.19. The van der Waals surface area contributed by atoms with E-state index in [0.717, 1.165) is 0 Å². The lowest BCUT2D eigenvalue weighted by Gasteiger charge is -2.04. The number of thioether (sulfide) groups is 1. The summed E-state index contributed by atoms with van der Waals surface area (Å²) in [4.78, 5) is 10.6. The van der Waals surface area contributed by atoms with E-state index in [9.17, 15) is 18.5 Å². The highest BCUT2D eigenvalue weighted by atomic mass is 32.2. The molecule has 1 aromatic carbocycles. The molecule has 0 saturated heterocycles. The maximum absolute atomic E-state index is 10.6. The number of nitrogens with two attached hydrogens (primary N) is 1. The Balaban J connectivity index is 2.61. The molecule has 0 amide bonds. The number of nitro groups is 1. The lowest BCUT2D eigenvalue weighted by Crippen LogP contribution is -2.04. The minimum atomic E-state index is -3.96. The maximum Gasteiger partial charge on any atom is 0.270 e. The smallest absolute Gasteiger partial charge is 0.270 e. The van der Waals surface area contributed by atoms with Crippen molar-refractivity contribution in [2.75, 3.05) is 17.2 Å². The molecular formula is C9H12N2O5S2. The summed E-state index contributed by atoms with van der Waals surface area (Å²) < 4.78 is 29.5. The van der Waals surface area contributed by atoms with Crippen molar-refractivity contribution in [2.24, 2.45) is 0 Å². The van der Waals surface area contributed by atoms with Crippen LogP contribution < -0.4 is 5.73 Å². The molecule has 0 bridgehead atoms. The predicted molar refractivity (Wildman–Crippen MR) is 69.3 cm³/mol. The van der Waals surface area contributed by atoms with E-state index < -0.39 is 15.0 Å². The Hall–Kier alpha value is -1.32. The van der Waals surface area contributed by atoms with E-state index in [1.807, 2.05) is 0 Å². The van der Waals surface area contributed by atoms with Gasteiger partial charge in [-0.05, 0) is 18.2 Å². The molecule has 0 heterocycles. The first kappa shape index (κ1) is 14.7. The molecule has 100 valence electrons. The number of anilines is 1. The van der Waals surface area contributed by atoms with Crippen molar-refractivity contribution in [3.63, 3.8) is 0 Å². The number of nitrogen functional groups attached to an aromatic ring is 1. The Morgan fingerprint density at radius 3 is 2.67 bits per heavy atom. The van der Waals surface area contributed by atoms with Crippen LogP contribution in [0.3, 0.4) is 0 Å². The van der Waals surface area contributed by atoms with E-state index in [-0.39, 0.29) is 17.9 Å². The average Bonchev–Trinajstić information content (AvgIpc) is 2.24. The van der Waals surface area contributed by atoms with Crippen LogP contribution in [0.4, 0.5) is 11.4 Å². The molecule has 0 fully saturated rings. The zero-order valence-corrected chi connectivity index (χ0v) is 10.9. The molecule has 7 nitrogen and oxygen atoms in total. The molecule has 0 spiro atoms. The van der Waals surface area contributed by atoms with E-state index in [0.29, 0.717) is 16.3 Å². The molecule has 9 heteroatoms. The third-order valence-electron chi connectivity index (χ3n) is 2.01. The van der Waals surface area contributed by atoms with Crippen LogP contribution in [0, 0.1) is 10.1 Å². The van der Waals surface area contributed by atoms with Crippen LogP contribution in [0.2, 0.25) is 0 Å². The summed E-state index contributed by atoms with van der Waals surface area (Å²) in [5.74, 6) is 0.0555. The number of rotatable bonds is 6. The fraction of sp³-hybridized carbons (Fsp3) is 0.333. The van der Waals surface area contributed by atoms with Crippen LogP contribution in [-0.4, -0.2) is 29.4 Å². The van der Waals surface area contributed by atoms with Gasteiger partial charge in [-0.1, -0.05) is 0 Å². The van der Waals surface area contributed by atoms with Gasteiger partial charge in [0.15, 0.2) is 0 Å². The second-order valence-electron chi connectivity index (χ2n) is 3.47. The Kier molecular flexibility index (Phi) is 4.93. The second-order valence-corrected chi connectivity index (χ2v) is 6.18. The molecular weight excluding hydrogens is 280 g/mol. The molecule has 0 aliphatic rings. The van der Waals surface area contributed by atoms with Gasteiger partial charge in [-0.25, -0.2) is 0 Å². The summed E-state index contributed by atoms with van der Waals surface area (Å²) in [6, 6.07) is 4.08. The first-order valence-electron chi connectivity index (χ1n) is 4.91. The number of non-ortho nitro benzene ring substituents is 1. The van der Waals surface area contributed by atoms with Gasteiger partial charge in [0.25, 0.3) is 15.8 Å². The van der Waals surface area contributed by atoms with Crippen LogP contribution in [0.1, 0.15) is 6.42 Å². The van der Waals surface area contributed by atoms with E-state index in [4.69, 9.17) is 10.3 Å². The molecule has 0 aliphatic heterocycles. The van der Waals surface area contributed by atoms with Crippen molar-refractivity contribution in [3.8, 4) is 0 Å². The van der Waals surface area contributed by atoms with Crippen LogP contribution in [0.15, 0.2) is 23.1 Å². The molecule has 0 aliphatic carbocycles. The second kappa shape index (κ2) is 6.03. The summed E-state index contributed by atoms with van der Waals surface area (Å²) >= 11 is 1.21. The van der Waals surface area contributed by atoms with Crippen LogP contribution >= 0.6 is 11.8 Å². The number of hydrogen-bond acceptors (Lipinski definition) is 6. The highest BCUT2D eigenvalue weighted by molar-refractivity contribution is 7.99. The van der Waals surface area contributed by atoms with Crippen molar-refractivity contribution in [3.05, 3.63) is 28.3 Å². The SMILES string of the molecule is Nc1ccc([N+](=O)[O-])cc1SCCCS(=O)(=O)O. The van der Waals surface area contributed by atoms with Crippen molar-refractivity contribution < 1.29 is 17.9 Å². The largest absolute Gasteiger partial charge is 0.398 e. The molecule has 18 heavy (non-hydrogen) atoms. The minimum absolute atomic E-state index is 0.0681. The summed E-state index contributed by atoms with van der Waals surface area (Å²) in [5.41, 5.74) is 5.98. The quantitative estimate of drug-likeness (QED) is 0.203. The van der Waals surface area contributed by atoms with Gasteiger partial charge < -0.3 is 5.73 Å². The van der Waals surface area contributed by atoms with E-state index in [1.165, 1.54) is 30.0 Å². The molecule has 0 atom stereocenters. The molecule has 0 aromatic heterocycles. The van der Waals surface area contributed by atoms with Gasteiger partial charge in [0.1, 0.15) is 0 Å². The maximum atomic E-state index is 10.6. The van der Waals surface area contributed by atoms with Gasteiger partial charge in [0, 0.05) is 22.7 Å². The topological polar surface area (TPSA) is 124 Å². The van der Waals surface area contributed by atoms with E-state index in [1.54, 1.807) is 0 Å². The molecule has 0 saturated carbocycles. The lowest BCUT2D eigenvalue weighted by atomic mass is 10.3. The normalized spacial score (nSPS) is 11.4. The first-order chi connectivity index (χ1) is 8.29. The summed E-state index contributed by atoms with van der Waals surface area (Å²) in [6.45, 7) is 0. The highest BCUT2D eigenvalue weighted by Gasteiger charge is 2.10. The summed E-state index contributed by atoms with van der Waals surface area (Å²) in [5, 5.41) is 10.6. The van der Waals surface area contributed by atoms with Gasteiger partial charge in [-0.2, -0.15) is 8.42 Å². The Bertz CT molecular complexity index is 544. The van der Waals surface area contributed by atoms with Crippen molar-refractivity contribution in [2.45, 2.75) is 11.3 Å². The Morgan fingerprint density at radius 1 is 1.44 bits per heavy atom. The van der Waals surface area contributed by atoms with Gasteiger partial charge in [0.05, 0.1) is 10.7 Å². The van der Waals surface area contributed by atoms with Crippen molar-refractivity contribution in [1.82, 2.24) is 0 Å². The number of nitro benzene ring substituents is 1. The molecule has 3 N–H and O–H groups in total. The fourth-order valence-corrected chi connectivity index (χ4v) is 2.82. The molecule has 0 radical (unpaired) electrons.